The molecule has 0 aromatic heterocycles. The van der Waals surface area contributed by atoms with E-state index >= 15 is 0 Å². The summed E-state index contributed by atoms with van der Waals surface area (Å²) < 4.78 is 0. The molecule has 0 spiro atoms. The molecule has 0 unspecified atom stereocenters. The maximum absolute atomic E-state index is 6.96. The molecule has 0 saturated carbocycles. The molecule has 0 radical (unpaired) electrons. The van der Waals surface area contributed by atoms with Crippen molar-refractivity contribution in [3.8, 4) is 0 Å². The Balaban J connectivity index is 4.50. The summed E-state index contributed by atoms with van der Waals surface area (Å²) in [4.78, 5) is 0. The van der Waals surface area contributed by atoms with Gasteiger partial charge in [0.15, 0.2) is 0 Å². The van der Waals surface area contributed by atoms with Gasteiger partial charge in [0.25, 0.3) is 0 Å². The van der Waals surface area contributed by atoms with Gasteiger partial charge in [-0.2, -0.15) is 0 Å². The molecule has 0 aliphatic carbocycles. The minimum absolute atomic E-state index is 0.755. The quantitative estimate of drug-likeness (QED) is 0.560. The fraction of sp³-hybridized carbons (Fsp3) is 0.500. The summed E-state index contributed by atoms with van der Waals surface area (Å²) in [6.07, 6.45) is 4.37. The molecule has 0 amide bonds. The van der Waals surface area contributed by atoms with E-state index in [2.05, 4.69) is 0 Å². The molecule has 0 atom stereocenters. The molecule has 2 nitrogen and oxygen atoms in total. The van der Waals surface area contributed by atoms with Crippen LogP contribution in [0.4, 0.5) is 0 Å². The zero-order valence-electron chi connectivity index (χ0n) is 6.57. The molecule has 0 bridgehead atoms. The van der Waals surface area contributed by atoms with E-state index in [4.69, 9.17) is 10.8 Å². The first-order chi connectivity index (χ1) is 4.79. The van der Waals surface area contributed by atoms with Crippen LogP contribution in [-0.4, -0.2) is 12.4 Å². The van der Waals surface area contributed by atoms with Crippen LogP contribution in [0.25, 0.3) is 0 Å². The van der Waals surface area contributed by atoms with Gasteiger partial charge in [0.2, 0.25) is 0 Å². The Morgan fingerprint density at radius 2 is 1.50 bits per heavy atom. The highest BCUT2D eigenvalue weighted by Crippen LogP contribution is 2.08. The molecule has 0 heterocycles. The van der Waals surface area contributed by atoms with Gasteiger partial charge in [0.05, 0.1) is 0 Å². The SMILES string of the molecule is CCC(CC)=C(C=N)C=N. The highest BCUT2D eigenvalue weighted by molar-refractivity contribution is 6.02. The Morgan fingerprint density at radius 1 is 1.10 bits per heavy atom. The standard InChI is InChI=1S/C8H14N2/c1-3-7(4-2)8(5-9)6-10/h5-6,9-10H,3-4H2,1-2H3. The average molecular weight is 138 g/mol. The predicted molar refractivity (Wildman–Crippen MR) is 45.2 cm³/mol. The fourth-order valence-corrected chi connectivity index (χ4v) is 0.904. The van der Waals surface area contributed by atoms with Gasteiger partial charge in [-0.3, -0.25) is 0 Å². The van der Waals surface area contributed by atoms with Crippen molar-refractivity contribution in [3.05, 3.63) is 11.1 Å². The van der Waals surface area contributed by atoms with Gasteiger partial charge < -0.3 is 10.8 Å². The third kappa shape index (κ3) is 2.13. The first kappa shape index (κ1) is 9.08. The van der Waals surface area contributed by atoms with Crippen molar-refractivity contribution in [2.75, 3.05) is 0 Å². The molecular weight excluding hydrogens is 124 g/mol. The van der Waals surface area contributed by atoms with E-state index in [9.17, 15) is 0 Å². The third-order valence-corrected chi connectivity index (χ3v) is 1.57. The minimum Gasteiger partial charge on any atom is -0.308 e. The van der Waals surface area contributed by atoms with E-state index in [1.54, 1.807) is 0 Å². The van der Waals surface area contributed by atoms with Gasteiger partial charge in [0, 0.05) is 18.0 Å². The van der Waals surface area contributed by atoms with E-state index in [-0.39, 0.29) is 0 Å². The molecule has 2 N–H and O–H groups in total. The van der Waals surface area contributed by atoms with Gasteiger partial charge in [-0.1, -0.05) is 19.4 Å². The van der Waals surface area contributed by atoms with Crippen LogP contribution in [0.1, 0.15) is 26.7 Å². The summed E-state index contributed by atoms with van der Waals surface area (Å²) in [5.74, 6) is 0. The number of hydrogen-bond donors (Lipinski definition) is 2. The van der Waals surface area contributed by atoms with Crippen molar-refractivity contribution in [2.45, 2.75) is 26.7 Å². The Morgan fingerprint density at radius 3 is 1.60 bits per heavy atom. The van der Waals surface area contributed by atoms with Gasteiger partial charge in [0.1, 0.15) is 0 Å². The van der Waals surface area contributed by atoms with E-state index in [1.165, 1.54) is 18.0 Å². The monoisotopic (exact) mass is 138 g/mol. The van der Waals surface area contributed by atoms with Crippen LogP contribution in [-0.2, 0) is 0 Å². The van der Waals surface area contributed by atoms with E-state index in [0.29, 0.717) is 0 Å². The van der Waals surface area contributed by atoms with Crippen molar-refractivity contribution in [2.24, 2.45) is 0 Å². The largest absolute Gasteiger partial charge is 0.308 e. The number of rotatable bonds is 4. The molecule has 0 saturated heterocycles. The summed E-state index contributed by atoms with van der Waals surface area (Å²) in [6, 6.07) is 0. The second-order valence-electron chi connectivity index (χ2n) is 2.05. The highest BCUT2D eigenvalue weighted by atomic mass is 14.4. The molecule has 56 valence electrons. The topological polar surface area (TPSA) is 47.7 Å². The van der Waals surface area contributed by atoms with Gasteiger partial charge in [-0.05, 0) is 12.8 Å². The number of hydrogen-bond acceptors (Lipinski definition) is 2. The van der Waals surface area contributed by atoms with Crippen molar-refractivity contribution in [3.63, 3.8) is 0 Å². The maximum Gasteiger partial charge on any atom is 0.0265 e. The Kier molecular flexibility index (Phi) is 4.46. The van der Waals surface area contributed by atoms with Crippen LogP contribution in [0.2, 0.25) is 0 Å². The van der Waals surface area contributed by atoms with Crippen molar-refractivity contribution < 1.29 is 0 Å². The van der Waals surface area contributed by atoms with E-state index < -0.39 is 0 Å². The predicted octanol–water partition coefficient (Wildman–Crippen LogP) is 2.40. The molecule has 0 aromatic rings. The first-order valence-corrected chi connectivity index (χ1v) is 3.53. The van der Waals surface area contributed by atoms with Crippen LogP contribution in [0.15, 0.2) is 11.1 Å². The molecule has 2 heteroatoms. The Hall–Kier alpha value is -0.920. The Labute approximate surface area is 62.0 Å². The summed E-state index contributed by atoms with van der Waals surface area (Å²) >= 11 is 0. The minimum atomic E-state index is 0.755. The maximum atomic E-state index is 6.96. The van der Waals surface area contributed by atoms with E-state index in [1.807, 2.05) is 13.8 Å². The first-order valence-electron chi connectivity index (χ1n) is 3.53. The molecule has 0 fully saturated rings. The summed E-state index contributed by atoms with van der Waals surface area (Å²) in [6.45, 7) is 4.09. The lowest BCUT2D eigenvalue weighted by molar-refractivity contribution is 0.974. The summed E-state index contributed by atoms with van der Waals surface area (Å²) in [5.41, 5.74) is 1.94. The van der Waals surface area contributed by atoms with Crippen molar-refractivity contribution in [1.82, 2.24) is 0 Å². The average Bonchev–Trinajstić information content (AvgIpc) is 2.00. The zero-order chi connectivity index (χ0) is 7.98. The second-order valence-corrected chi connectivity index (χ2v) is 2.05. The molecule has 0 aromatic carbocycles. The zero-order valence-corrected chi connectivity index (χ0v) is 6.57. The molecular formula is C8H14N2. The molecule has 0 aliphatic heterocycles. The van der Waals surface area contributed by atoms with E-state index in [0.717, 1.165) is 18.4 Å². The van der Waals surface area contributed by atoms with Crippen LogP contribution in [0, 0.1) is 10.8 Å². The smallest absolute Gasteiger partial charge is 0.0265 e. The van der Waals surface area contributed by atoms with Crippen LogP contribution in [0.5, 0.6) is 0 Å². The van der Waals surface area contributed by atoms with Crippen molar-refractivity contribution in [1.29, 1.82) is 10.8 Å². The lowest BCUT2D eigenvalue weighted by Gasteiger charge is -2.01. The molecule has 0 rings (SSSR count). The van der Waals surface area contributed by atoms with Gasteiger partial charge in [-0.25, -0.2) is 0 Å². The summed E-state index contributed by atoms with van der Waals surface area (Å²) in [7, 11) is 0. The third-order valence-electron chi connectivity index (χ3n) is 1.57. The second kappa shape index (κ2) is 4.91. The lowest BCUT2D eigenvalue weighted by Crippen LogP contribution is -1.91. The van der Waals surface area contributed by atoms with Crippen LogP contribution >= 0.6 is 0 Å². The normalized spacial score (nSPS) is 8.60. The summed E-state index contributed by atoms with van der Waals surface area (Å²) in [5, 5.41) is 13.9. The van der Waals surface area contributed by atoms with Crippen LogP contribution in [0.3, 0.4) is 0 Å². The molecule has 10 heavy (non-hydrogen) atoms. The van der Waals surface area contributed by atoms with Gasteiger partial charge >= 0.3 is 0 Å². The fourth-order valence-electron chi connectivity index (χ4n) is 0.904. The molecule has 0 aliphatic rings. The van der Waals surface area contributed by atoms with Gasteiger partial charge in [-0.15, -0.1) is 0 Å². The Bertz CT molecular complexity index is 141. The number of allylic oxidation sites excluding steroid dienone is 2. The van der Waals surface area contributed by atoms with Crippen LogP contribution < -0.4 is 0 Å². The lowest BCUT2D eigenvalue weighted by atomic mass is 10.1. The number of nitrogens with one attached hydrogen (secondary N) is 2. The van der Waals surface area contributed by atoms with Crippen molar-refractivity contribution >= 4 is 12.4 Å². The highest BCUT2D eigenvalue weighted by Gasteiger charge is 1.95.